The number of esters is 1. The molecule has 1 atom stereocenters. The number of hydrogen-bond acceptors (Lipinski definition) is 5. The number of ketones is 1. The van der Waals surface area contributed by atoms with Crippen molar-refractivity contribution in [3.05, 3.63) is 71.3 Å². The molecule has 3 aromatic rings. The highest BCUT2D eigenvalue weighted by molar-refractivity contribution is 6.12. The van der Waals surface area contributed by atoms with Crippen LogP contribution in [0.5, 0.6) is 11.5 Å². The molecule has 5 heteroatoms. The maximum absolute atomic E-state index is 13.1. The van der Waals surface area contributed by atoms with E-state index in [9.17, 15) is 9.59 Å². The van der Waals surface area contributed by atoms with Gasteiger partial charge in [0.05, 0.1) is 13.2 Å². The Balaban J connectivity index is 1.68. The summed E-state index contributed by atoms with van der Waals surface area (Å²) in [5.41, 5.74) is 5.03. The average molecular weight is 413 g/mol. The third-order valence-corrected chi connectivity index (χ3v) is 6.05. The SMILES string of the molecule is COc1cc([C@@H]2Nc3ccc4ccccc4c3C3=C2C(=O)CCC3)ccc1OC(C)=O. The van der Waals surface area contributed by atoms with Gasteiger partial charge in [0.25, 0.3) is 0 Å². The van der Waals surface area contributed by atoms with Gasteiger partial charge in [0.15, 0.2) is 17.3 Å². The molecule has 0 saturated carbocycles. The van der Waals surface area contributed by atoms with E-state index in [1.807, 2.05) is 24.3 Å². The van der Waals surface area contributed by atoms with Crippen molar-refractivity contribution >= 4 is 33.8 Å². The van der Waals surface area contributed by atoms with Crippen LogP contribution in [0.15, 0.2) is 60.2 Å². The monoisotopic (exact) mass is 413 g/mol. The number of methoxy groups -OCH3 is 1. The zero-order chi connectivity index (χ0) is 21.5. The number of rotatable bonds is 3. The first-order valence-electron chi connectivity index (χ1n) is 10.5. The number of carbonyl (C=O) groups is 2. The van der Waals surface area contributed by atoms with E-state index in [0.717, 1.165) is 46.2 Å². The molecule has 0 bridgehead atoms. The summed E-state index contributed by atoms with van der Waals surface area (Å²) < 4.78 is 10.7. The Morgan fingerprint density at radius 2 is 1.87 bits per heavy atom. The lowest BCUT2D eigenvalue weighted by molar-refractivity contribution is -0.132. The van der Waals surface area contributed by atoms with Gasteiger partial charge in [-0.25, -0.2) is 0 Å². The maximum atomic E-state index is 13.1. The molecule has 0 spiro atoms. The third kappa shape index (κ3) is 3.26. The second kappa shape index (κ2) is 7.58. The van der Waals surface area contributed by atoms with E-state index >= 15 is 0 Å². The molecule has 5 rings (SSSR count). The molecular weight excluding hydrogens is 390 g/mol. The van der Waals surface area contributed by atoms with Crippen LogP contribution < -0.4 is 14.8 Å². The van der Waals surface area contributed by atoms with Crippen LogP contribution in [-0.2, 0) is 9.59 Å². The molecule has 1 aliphatic heterocycles. The lowest BCUT2D eigenvalue weighted by Gasteiger charge is -2.35. The molecule has 0 saturated heterocycles. The number of benzene rings is 3. The van der Waals surface area contributed by atoms with E-state index in [2.05, 4.69) is 29.6 Å². The summed E-state index contributed by atoms with van der Waals surface area (Å²) in [5.74, 6) is 0.602. The summed E-state index contributed by atoms with van der Waals surface area (Å²) in [5, 5.41) is 5.93. The second-order valence-electron chi connectivity index (χ2n) is 7.96. The average Bonchev–Trinajstić information content (AvgIpc) is 2.78. The highest BCUT2D eigenvalue weighted by Gasteiger charge is 2.35. The summed E-state index contributed by atoms with van der Waals surface area (Å²) in [7, 11) is 1.54. The first-order chi connectivity index (χ1) is 15.1. The number of Topliss-reactive ketones (excluding diaryl/α,β-unsaturated/α-hetero) is 1. The van der Waals surface area contributed by atoms with Gasteiger partial charge in [0.1, 0.15) is 0 Å². The molecule has 0 radical (unpaired) electrons. The summed E-state index contributed by atoms with van der Waals surface area (Å²) in [6.45, 7) is 1.36. The van der Waals surface area contributed by atoms with Crippen LogP contribution in [0.2, 0.25) is 0 Å². The van der Waals surface area contributed by atoms with E-state index in [1.54, 1.807) is 6.07 Å². The van der Waals surface area contributed by atoms with Crippen molar-refractivity contribution in [3.63, 3.8) is 0 Å². The Hall–Kier alpha value is -3.60. The molecule has 5 nitrogen and oxygen atoms in total. The lowest BCUT2D eigenvalue weighted by Crippen LogP contribution is -2.27. The summed E-state index contributed by atoms with van der Waals surface area (Å²) >= 11 is 0. The van der Waals surface area contributed by atoms with Gasteiger partial charge in [-0.2, -0.15) is 0 Å². The quantitative estimate of drug-likeness (QED) is 0.457. The molecule has 2 aliphatic rings. The molecule has 31 heavy (non-hydrogen) atoms. The van der Waals surface area contributed by atoms with Gasteiger partial charge in [0.2, 0.25) is 0 Å². The fourth-order valence-corrected chi connectivity index (χ4v) is 4.76. The van der Waals surface area contributed by atoms with Crippen molar-refractivity contribution < 1.29 is 19.1 Å². The van der Waals surface area contributed by atoms with E-state index in [0.29, 0.717) is 17.9 Å². The van der Waals surface area contributed by atoms with Gasteiger partial charge in [-0.05, 0) is 52.9 Å². The van der Waals surface area contributed by atoms with Gasteiger partial charge in [-0.1, -0.05) is 36.4 Å². The van der Waals surface area contributed by atoms with Crippen molar-refractivity contribution in [2.45, 2.75) is 32.2 Å². The van der Waals surface area contributed by atoms with Crippen molar-refractivity contribution in [3.8, 4) is 11.5 Å². The van der Waals surface area contributed by atoms with Crippen LogP contribution in [0, 0.1) is 0 Å². The molecule has 1 N–H and O–H groups in total. The van der Waals surface area contributed by atoms with Crippen molar-refractivity contribution in [2.75, 3.05) is 12.4 Å². The van der Waals surface area contributed by atoms with Crippen LogP contribution in [0.1, 0.15) is 43.4 Å². The number of ether oxygens (including phenoxy) is 2. The smallest absolute Gasteiger partial charge is 0.308 e. The predicted octanol–water partition coefficient (Wildman–Crippen LogP) is 5.45. The van der Waals surface area contributed by atoms with Crippen LogP contribution in [0.3, 0.4) is 0 Å². The zero-order valence-electron chi connectivity index (χ0n) is 17.5. The Kier molecular flexibility index (Phi) is 4.74. The predicted molar refractivity (Wildman–Crippen MR) is 120 cm³/mol. The molecule has 0 amide bonds. The van der Waals surface area contributed by atoms with Gasteiger partial charge >= 0.3 is 5.97 Å². The number of fused-ring (bicyclic) bond motifs is 4. The molecule has 0 unspecified atom stereocenters. The van der Waals surface area contributed by atoms with Crippen molar-refractivity contribution in [1.29, 1.82) is 0 Å². The highest BCUT2D eigenvalue weighted by Crippen LogP contribution is 2.48. The van der Waals surface area contributed by atoms with Crippen LogP contribution in [-0.4, -0.2) is 18.9 Å². The standard InChI is InChI=1S/C26H23NO4/c1-15(28)31-22-13-11-17(14-23(22)30-2)26-25-19(8-5-9-21(25)29)24-18-7-4-3-6-16(18)10-12-20(24)27-26/h3-4,6-7,10-14,26-27H,5,8-9H2,1-2H3/t26-/m0/s1. The Bertz CT molecular complexity index is 1260. The fourth-order valence-electron chi connectivity index (χ4n) is 4.76. The maximum Gasteiger partial charge on any atom is 0.308 e. The number of anilines is 1. The highest BCUT2D eigenvalue weighted by atomic mass is 16.6. The minimum atomic E-state index is -0.407. The van der Waals surface area contributed by atoms with Crippen molar-refractivity contribution in [2.24, 2.45) is 0 Å². The zero-order valence-corrected chi connectivity index (χ0v) is 17.5. The number of hydrogen-bond donors (Lipinski definition) is 1. The van der Waals surface area contributed by atoms with E-state index in [4.69, 9.17) is 9.47 Å². The lowest BCUT2D eigenvalue weighted by atomic mass is 9.77. The van der Waals surface area contributed by atoms with Gasteiger partial charge in [-0.3, -0.25) is 9.59 Å². The third-order valence-electron chi connectivity index (χ3n) is 6.05. The van der Waals surface area contributed by atoms with Gasteiger partial charge in [0, 0.05) is 30.2 Å². The molecule has 156 valence electrons. The Morgan fingerprint density at radius 3 is 2.68 bits per heavy atom. The number of allylic oxidation sites excluding steroid dienone is 1. The topological polar surface area (TPSA) is 64.6 Å². The van der Waals surface area contributed by atoms with Gasteiger partial charge in [-0.15, -0.1) is 0 Å². The second-order valence-corrected chi connectivity index (χ2v) is 7.96. The molecule has 0 fully saturated rings. The fraction of sp³-hybridized carbons (Fsp3) is 0.231. The van der Waals surface area contributed by atoms with Crippen LogP contribution in [0.25, 0.3) is 16.3 Å². The van der Waals surface area contributed by atoms with E-state index in [-0.39, 0.29) is 11.8 Å². The normalized spacial score (nSPS) is 17.6. The molecule has 1 heterocycles. The van der Waals surface area contributed by atoms with E-state index < -0.39 is 5.97 Å². The summed E-state index contributed by atoms with van der Waals surface area (Å²) in [4.78, 5) is 24.5. The first-order valence-corrected chi connectivity index (χ1v) is 10.5. The number of nitrogens with one attached hydrogen (secondary N) is 1. The molecule has 1 aliphatic carbocycles. The Labute approximate surface area is 180 Å². The Morgan fingerprint density at radius 1 is 1.03 bits per heavy atom. The van der Waals surface area contributed by atoms with Crippen molar-refractivity contribution in [1.82, 2.24) is 0 Å². The summed E-state index contributed by atoms with van der Waals surface area (Å²) in [6.07, 6.45) is 2.30. The minimum Gasteiger partial charge on any atom is -0.493 e. The van der Waals surface area contributed by atoms with E-state index in [1.165, 1.54) is 19.4 Å². The van der Waals surface area contributed by atoms with Crippen LogP contribution >= 0.6 is 0 Å². The first kappa shape index (κ1) is 19.4. The molecular formula is C26H23NO4. The molecule has 0 aromatic heterocycles. The largest absolute Gasteiger partial charge is 0.493 e. The van der Waals surface area contributed by atoms with Crippen LogP contribution in [0.4, 0.5) is 5.69 Å². The van der Waals surface area contributed by atoms with Gasteiger partial charge < -0.3 is 14.8 Å². The minimum absolute atomic E-state index is 0.181. The molecule has 3 aromatic carbocycles. The summed E-state index contributed by atoms with van der Waals surface area (Å²) in [6, 6.07) is 17.7. The number of carbonyl (C=O) groups excluding carboxylic acids is 2.